The quantitative estimate of drug-likeness (QED) is 0.812. The van der Waals surface area contributed by atoms with Crippen LogP contribution in [-0.4, -0.2) is 48.2 Å². The maximum absolute atomic E-state index is 13.1. The molecule has 0 aliphatic carbocycles. The second kappa shape index (κ2) is 8.83. The van der Waals surface area contributed by atoms with Crippen LogP contribution < -0.4 is 5.32 Å². The van der Waals surface area contributed by atoms with Crippen molar-refractivity contribution in [2.45, 2.75) is 39.2 Å². The molecule has 0 atom stereocenters. The molecule has 2 rings (SSSR count). The van der Waals surface area contributed by atoms with E-state index >= 15 is 0 Å². The molecule has 1 aromatic carbocycles. The number of benzene rings is 1. The standard InChI is InChI=1S/C19H25FN2O5/c1-19(2,3)27-18(25)22-9-7-13(8-10-22)17(24)26-12-16(23)21-15-6-4-5-14(20)11-15/h4-6,11,13H,7-10,12H2,1-3H3,(H,21,23). The van der Waals surface area contributed by atoms with Crippen LogP contribution in [0.3, 0.4) is 0 Å². The van der Waals surface area contributed by atoms with Crippen molar-refractivity contribution >= 4 is 23.7 Å². The average molecular weight is 380 g/mol. The lowest BCUT2D eigenvalue weighted by molar-refractivity contribution is -0.153. The number of hydrogen-bond donors (Lipinski definition) is 1. The molecule has 7 nitrogen and oxygen atoms in total. The van der Waals surface area contributed by atoms with E-state index in [4.69, 9.17) is 9.47 Å². The van der Waals surface area contributed by atoms with Crippen LogP contribution in [0.5, 0.6) is 0 Å². The summed E-state index contributed by atoms with van der Waals surface area (Å²) >= 11 is 0. The second-order valence-electron chi connectivity index (χ2n) is 7.41. The van der Waals surface area contributed by atoms with Crippen LogP contribution in [0.2, 0.25) is 0 Å². The van der Waals surface area contributed by atoms with E-state index in [9.17, 15) is 18.8 Å². The first-order valence-electron chi connectivity index (χ1n) is 8.84. The number of hydrogen-bond acceptors (Lipinski definition) is 5. The molecule has 1 fully saturated rings. The number of anilines is 1. The van der Waals surface area contributed by atoms with E-state index in [1.54, 1.807) is 25.7 Å². The largest absolute Gasteiger partial charge is 0.455 e. The van der Waals surface area contributed by atoms with Gasteiger partial charge in [-0.15, -0.1) is 0 Å². The molecule has 0 spiro atoms. The summed E-state index contributed by atoms with van der Waals surface area (Å²) in [4.78, 5) is 37.5. The van der Waals surface area contributed by atoms with E-state index in [-0.39, 0.29) is 5.92 Å². The zero-order valence-electron chi connectivity index (χ0n) is 15.8. The Labute approximate surface area is 157 Å². The van der Waals surface area contributed by atoms with Crippen molar-refractivity contribution in [3.05, 3.63) is 30.1 Å². The zero-order valence-corrected chi connectivity index (χ0v) is 15.8. The Bertz CT molecular complexity index is 694. The highest BCUT2D eigenvalue weighted by Gasteiger charge is 2.30. The van der Waals surface area contributed by atoms with Crippen LogP contribution in [0.25, 0.3) is 0 Å². The molecule has 1 aliphatic heterocycles. The van der Waals surface area contributed by atoms with Crippen molar-refractivity contribution in [3.63, 3.8) is 0 Å². The van der Waals surface area contributed by atoms with Crippen LogP contribution in [0.4, 0.5) is 14.9 Å². The van der Waals surface area contributed by atoms with Crippen molar-refractivity contribution < 1.29 is 28.2 Å². The van der Waals surface area contributed by atoms with Crippen molar-refractivity contribution in [2.75, 3.05) is 25.0 Å². The third kappa shape index (κ3) is 6.88. The van der Waals surface area contributed by atoms with Gasteiger partial charge in [0.15, 0.2) is 6.61 Å². The fourth-order valence-corrected chi connectivity index (χ4v) is 2.64. The molecule has 1 heterocycles. The highest BCUT2D eigenvalue weighted by molar-refractivity contribution is 5.92. The molecule has 0 bridgehead atoms. The lowest BCUT2D eigenvalue weighted by atomic mass is 9.97. The zero-order chi connectivity index (χ0) is 20.0. The summed E-state index contributed by atoms with van der Waals surface area (Å²) in [5, 5.41) is 2.46. The van der Waals surface area contributed by atoms with Gasteiger partial charge in [0.2, 0.25) is 0 Å². The third-order valence-corrected chi connectivity index (χ3v) is 3.93. The first-order valence-corrected chi connectivity index (χ1v) is 8.84. The monoisotopic (exact) mass is 380 g/mol. The number of likely N-dealkylation sites (tertiary alicyclic amines) is 1. The summed E-state index contributed by atoms with van der Waals surface area (Å²) in [6.45, 7) is 5.73. The molecule has 0 saturated carbocycles. The first kappa shape index (κ1) is 20.7. The summed E-state index contributed by atoms with van der Waals surface area (Å²) in [6, 6.07) is 5.44. The van der Waals surface area contributed by atoms with Gasteiger partial charge in [-0.05, 0) is 51.8 Å². The minimum atomic E-state index is -0.568. The van der Waals surface area contributed by atoms with E-state index in [1.807, 2.05) is 0 Å². The number of rotatable bonds is 4. The smallest absolute Gasteiger partial charge is 0.410 e. The van der Waals surface area contributed by atoms with Crippen LogP contribution in [0, 0.1) is 11.7 Å². The van der Waals surface area contributed by atoms with Crippen molar-refractivity contribution in [3.8, 4) is 0 Å². The molecule has 0 aromatic heterocycles. The summed E-state index contributed by atoms with van der Waals surface area (Å²) in [7, 11) is 0. The number of piperidine rings is 1. The van der Waals surface area contributed by atoms with Crippen LogP contribution in [-0.2, 0) is 19.1 Å². The van der Waals surface area contributed by atoms with Gasteiger partial charge in [-0.25, -0.2) is 9.18 Å². The van der Waals surface area contributed by atoms with Gasteiger partial charge in [-0.3, -0.25) is 9.59 Å². The van der Waals surface area contributed by atoms with Gasteiger partial charge in [0, 0.05) is 18.8 Å². The number of nitrogens with one attached hydrogen (secondary N) is 1. The lowest BCUT2D eigenvalue weighted by Crippen LogP contribution is -2.43. The van der Waals surface area contributed by atoms with E-state index < -0.39 is 36.0 Å². The predicted octanol–water partition coefficient (Wildman–Crippen LogP) is 2.95. The molecule has 8 heteroatoms. The number of carbonyl (C=O) groups excluding carboxylic acids is 3. The molecule has 1 aliphatic rings. The van der Waals surface area contributed by atoms with E-state index in [1.165, 1.54) is 24.3 Å². The Kier molecular flexibility index (Phi) is 6.76. The fourth-order valence-electron chi connectivity index (χ4n) is 2.64. The molecule has 0 unspecified atom stereocenters. The third-order valence-electron chi connectivity index (χ3n) is 3.93. The Morgan fingerprint density at radius 2 is 1.89 bits per heavy atom. The van der Waals surface area contributed by atoms with Gasteiger partial charge >= 0.3 is 12.1 Å². The number of carbonyl (C=O) groups is 3. The number of halogens is 1. The average Bonchev–Trinajstić information content (AvgIpc) is 2.58. The fraction of sp³-hybridized carbons (Fsp3) is 0.526. The van der Waals surface area contributed by atoms with Gasteiger partial charge in [-0.2, -0.15) is 0 Å². The predicted molar refractivity (Wildman–Crippen MR) is 96.5 cm³/mol. The van der Waals surface area contributed by atoms with Crippen molar-refractivity contribution in [1.82, 2.24) is 4.90 Å². The topological polar surface area (TPSA) is 84.9 Å². The second-order valence-corrected chi connectivity index (χ2v) is 7.41. The summed E-state index contributed by atoms with van der Waals surface area (Å²) < 4.78 is 23.4. The summed E-state index contributed by atoms with van der Waals surface area (Å²) in [5.74, 6) is -1.86. The highest BCUT2D eigenvalue weighted by atomic mass is 19.1. The molecule has 1 aromatic rings. The van der Waals surface area contributed by atoms with Gasteiger partial charge < -0.3 is 19.7 Å². The number of amides is 2. The van der Waals surface area contributed by atoms with Crippen molar-refractivity contribution in [2.24, 2.45) is 5.92 Å². The Balaban J connectivity index is 1.73. The van der Waals surface area contributed by atoms with E-state index in [0.29, 0.717) is 31.6 Å². The van der Waals surface area contributed by atoms with Crippen LogP contribution in [0.1, 0.15) is 33.6 Å². The molecule has 0 radical (unpaired) electrons. The summed E-state index contributed by atoms with van der Waals surface area (Å²) in [6.07, 6.45) is 0.497. The number of esters is 1. The summed E-state index contributed by atoms with van der Waals surface area (Å²) in [5.41, 5.74) is -0.274. The van der Waals surface area contributed by atoms with Crippen LogP contribution >= 0.6 is 0 Å². The van der Waals surface area contributed by atoms with Gasteiger partial charge in [0.05, 0.1) is 5.92 Å². The Morgan fingerprint density at radius 1 is 1.22 bits per heavy atom. The Hall–Kier alpha value is -2.64. The van der Waals surface area contributed by atoms with E-state index in [2.05, 4.69) is 5.32 Å². The van der Waals surface area contributed by atoms with E-state index in [0.717, 1.165) is 0 Å². The molecular weight excluding hydrogens is 355 g/mol. The maximum atomic E-state index is 13.1. The molecule has 1 N–H and O–H groups in total. The normalized spacial score (nSPS) is 15.2. The lowest BCUT2D eigenvalue weighted by Gasteiger charge is -2.32. The minimum Gasteiger partial charge on any atom is -0.455 e. The van der Waals surface area contributed by atoms with Crippen LogP contribution in [0.15, 0.2) is 24.3 Å². The SMILES string of the molecule is CC(C)(C)OC(=O)N1CCC(C(=O)OCC(=O)Nc2cccc(F)c2)CC1. The minimum absolute atomic E-state index is 0.293. The maximum Gasteiger partial charge on any atom is 0.410 e. The molecular formula is C19H25FN2O5. The highest BCUT2D eigenvalue weighted by Crippen LogP contribution is 2.21. The van der Waals surface area contributed by atoms with Gasteiger partial charge in [0.1, 0.15) is 11.4 Å². The van der Waals surface area contributed by atoms with Crippen molar-refractivity contribution in [1.29, 1.82) is 0 Å². The molecule has 2 amide bonds. The number of ether oxygens (including phenoxy) is 2. The van der Waals surface area contributed by atoms with Gasteiger partial charge in [0.25, 0.3) is 5.91 Å². The first-order chi connectivity index (χ1) is 12.6. The molecule has 148 valence electrons. The number of nitrogens with zero attached hydrogens (tertiary/aromatic N) is 1. The van der Waals surface area contributed by atoms with Gasteiger partial charge in [-0.1, -0.05) is 6.07 Å². The Morgan fingerprint density at radius 3 is 2.48 bits per heavy atom. The molecule has 27 heavy (non-hydrogen) atoms. The molecule has 1 saturated heterocycles.